The maximum absolute atomic E-state index is 12.1. The molecule has 2 aromatic carbocycles. The minimum atomic E-state index is -0.329. The Morgan fingerprint density at radius 3 is 2.79 bits per heavy atom. The summed E-state index contributed by atoms with van der Waals surface area (Å²) in [6.07, 6.45) is 2.18. The molecule has 0 N–H and O–H groups in total. The second kappa shape index (κ2) is 7.39. The van der Waals surface area contributed by atoms with Crippen molar-refractivity contribution in [1.29, 1.82) is 0 Å². The monoisotopic (exact) mass is 411 g/mol. The van der Waals surface area contributed by atoms with Crippen molar-refractivity contribution in [3.05, 3.63) is 68.5 Å². The van der Waals surface area contributed by atoms with Crippen LogP contribution in [0.15, 0.2) is 45.6 Å². The van der Waals surface area contributed by atoms with Crippen molar-refractivity contribution >= 4 is 22.6 Å². The van der Waals surface area contributed by atoms with Gasteiger partial charge in [0.05, 0.1) is 0 Å². The number of ether oxygens (including phenoxy) is 2. The Labute approximate surface area is 173 Å². The number of hydrogen-bond acceptors (Lipinski definition) is 5. The molecular weight excluding hydrogens is 390 g/mol. The topological polar surface area (TPSA) is 51.9 Å². The average molecular weight is 412 g/mol. The molecule has 1 atom stereocenters. The maximum Gasteiger partial charge on any atom is 0.336 e. The quantitative estimate of drug-likeness (QED) is 0.576. The fourth-order valence-corrected chi connectivity index (χ4v) is 4.52. The van der Waals surface area contributed by atoms with Gasteiger partial charge >= 0.3 is 5.63 Å². The number of nitrogens with zero attached hydrogens (tertiary/aromatic N) is 1. The minimum absolute atomic E-state index is 0.272. The van der Waals surface area contributed by atoms with Crippen LogP contribution in [0.2, 0.25) is 5.02 Å². The molecule has 3 heterocycles. The lowest BCUT2D eigenvalue weighted by molar-refractivity contribution is 0.170. The summed E-state index contributed by atoms with van der Waals surface area (Å²) < 4.78 is 16.8. The normalized spacial score (nSPS) is 19.0. The Morgan fingerprint density at radius 1 is 1.10 bits per heavy atom. The van der Waals surface area contributed by atoms with E-state index < -0.39 is 0 Å². The van der Waals surface area contributed by atoms with Gasteiger partial charge in [-0.1, -0.05) is 17.7 Å². The minimum Gasteiger partial charge on any atom is -0.486 e. The first-order chi connectivity index (χ1) is 14.1. The lowest BCUT2D eigenvalue weighted by Gasteiger charge is -2.27. The van der Waals surface area contributed by atoms with E-state index >= 15 is 0 Å². The first kappa shape index (κ1) is 18.5. The predicted molar refractivity (Wildman–Crippen MR) is 112 cm³/mol. The third kappa shape index (κ3) is 3.49. The molecule has 0 saturated carbocycles. The van der Waals surface area contributed by atoms with Gasteiger partial charge in [-0.2, -0.15) is 0 Å². The van der Waals surface area contributed by atoms with Crippen LogP contribution < -0.4 is 15.1 Å². The van der Waals surface area contributed by atoms with E-state index in [9.17, 15) is 4.79 Å². The number of benzene rings is 2. The SMILES string of the molecule is Cc1cc2oc(=O)cc(CN3CCC[C@@H]3c3ccc4c(c3)OCCO4)c2cc1Cl. The van der Waals surface area contributed by atoms with Gasteiger partial charge in [0.1, 0.15) is 18.8 Å². The number of rotatable bonds is 3. The second-order valence-electron chi connectivity index (χ2n) is 7.72. The highest BCUT2D eigenvalue weighted by atomic mass is 35.5. The Kier molecular flexibility index (Phi) is 4.72. The lowest BCUT2D eigenvalue weighted by atomic mass is 10.0. The van der Waals surface area contributed by atoms with Gasteiger partial charge in [0.15, 0.2) is 11.5 Å². The van der Waals surface area contributed by atoms with Crippen LogP contribution in [-0.2, 0) is 6.54 Å². The van der Waals surface area contributed by atoms with E-state index in [2.05, 4.69) is 17.0 Å². The number of hydrogen-bond donors (Lipinski definition) is 0. The Bertz CT molecular complexity index is 1140. The van der Waals surface area contributed by atoms with E-state index in [0.717, 1.165) is 47.4 Å². The van der Waals surface area contributed by atoms with Crippen molar-refractivity contribution in [1.82, 2.24) is 4.90 Å². The molecule has 0 spiro atoms. The molecule has 2 aliphatic rings. The summed E-state index contributed by atoms with van der Waals surface area (Å²) in [4.78, 5) is 14.5. The van der Waals surface area contributed by atoms with Crippen LogP contribution in [0, 0.1) is 6.92 Å². The summed E-state index contributed by atoms with van der Waals surface area (Å²) in [5.41, 5.74) is 3.32. The zero-order valence-electron chi connectivity index (χ0n) is 16.2. The third-order valence-corrected chi connectivity index (χ3v) is 6.20. The number of aryl methyl sites for hydroxylation is 1. The molecule has 5 rings (SSSR count). The number of likely N-dealkylation sites (tertiary alicyclic amines) is 1. The maximum atomic E-state index is 12.1. The van der Waals surface area contributed by atoms with Gasteiger partial charge < -0.3 is 13.9 Å². The molecule has 1 aromatic heterocycles. The van der Waals surface area contributed by atoms with E-state index in [0.29, 0.717) is 30.4 Å². The highest BCUT2D eigenvalue weighted by molar-refractivity contribution is 6.32. The molecule has 2 aliphatic heterocycles. The Balaban J connectivity index is 1.49. The molecule has 0 aliphatic carbocycles. The van der Waals surface area contributed by atoms with Crippen LogP contribution in [0.25, 0.3) is 11.0 Å². The van der Waals surface area contributed by atoms with Gasteiger partial charge in [0.2, 0.25) is 0 Å². The summed E-state index contributed by atoms with van der Waals surface area (Å²) >= 11 is 6.35. The van der Waals surface area contributed by atoms with Crippen molar-refractivity contribution in [2.45, 2.75) is 32.4 Å². The van der Waals surface area contributed by atoms with Crippen molar-refractivity contribution in [2.24, 2.45) is 0 Å². The highest BCUT2D eigenvalue weighted by Gasteiger charge is 2.28. The zero-order valence-corrected chi connectivity index (χ0v) is 17.0. The first-order valence-corrected chi connectivity index (χ1v) is 10.3. The van der Waals surface area contributed by atoms with Crippen LogP contribution in [0.3, 0.4) is 0 Å². The van der Waals surface area contributed by atoms with Gasteiger partial charge in [-0.15, -0.1) is 0 Å². The molecule has 6 heteroatoms. The van der Waals surface area contributed by atoms with Gasteiger partial charge in [-0.3, -0.25) is 4.90 Å². The summed E-state index contributed by atoms with van der Waals surface area (Å²) in [6.45, 7) is 4.72. The molecule has 29 heavy (non-hydrogen) atoms. The van der Waals surface area contributed by atoms with E-state index in [1.165, 1.54) is 5.56 Å². The molecule has 1 fully saturated rings. The van der Waals surface area contributed by atoms with E-state index in [4.69, 9.17) is 25.5 Å². The third-order valence-electron chi connectivity index (χ3n) is 5.80. The van der Waals surface area contributed by atoms with Crippen molar-refractivity contribution in [3.63, 3.8) is 0 Å². The average Bonchev–Trinajstić information content (AvgIpc) is 3.17. The first-order valence-electron chi connectivity index (χ1n) is 9.95. The lowest BCUT2D eigenvalue weighted by Crippen LogP contribution is -2.24. The van der Waals surface area contributed by atoms with Crippen LogP contribution in [0.4, 0.5) is 0 Å². The fraction of sp³-hybridized carbons (Fsp3) is 0.348. The summed E-state index contributed by atoms with van der Waals surface area (Å²) in [5.74, 6) is 1.62. The van der Waals surface area contributed by atoms with Crippen molar-refractivity contribution < 1.29 is 13.9 Å². The second-order valence-corrected chi connectivity index (χ2v) is 8.13. The highest BCUT2D eigenvalue weighted by Crippen LogP contribution is 2.39. The Morgan fingerprint density at radius 2 is 1.93 bits per heavy atom. The molecule has 150 valence electrons. The fourth-order valence-electron chi connectivity index (χ4n) is 4.36. The van der Waals surface area contributed by atoms with Gasteiger partial charge in [0.25, 0.3) is 0 Å². The van der Waals surface area contributed by atoms with Gasteiger partial charge in [-0.05, 0) is 67.3 Å². The number of halogens is 1. The van der Waals surface area contributed by atoms with E-state index in [1.807, 2.05) is 25.1 Å². The largest absolute Gasteiger partial charge is 0.486 e. The van der Waals surface area contributed by atoms with Gasteiger partial charge in [-0.25, -0.2) is 4.79 Å². The molecule has 0 bridgehead atoms. The molecule has 0 amide bonds. The smallest absolute Gasteiger partial charge is 0.336 e. The molecule has 1 saturated heterocycles. The molecule has 3 aromatic rings. The van der Waals surface area contributed by atoms with Crippen LogP contribution in [0.5, 0.6) is 11.5 Å². The van der Waals surface area contributed by atoms with Crippen LogP contribution in [0.1, 0.15) is 35.6 Å². The summed E-state index contributed by atoms with van der Waals surface area (Å²) in [5, 5.41) is 1.57. The summed E-state index contributed by atoms with van der Waals surface area (Å²) in [7, 11) is 0. The van der Waals surface area contributed by atoms with Crippen LogP contribution >= 0.6 is 11.6 Å². The number of fused-ring (bicyclic) bond motifs is 2. The predicted octanol–water partition coefficient (Wildman–Crippen LogP) is 4.86. The summed E-state index contributed by atoms with van der Waals surface area (Å²) in [6, 6.07) is 11.8. The molecule has 0 radical (unpaired) electrons. The van der Waals surface area contributed by atoms with Gasteiger partial charge in [0, 0.05) is 29.1 Å². The molecule has 0 unspecified atom stereocenters. The van der Waals surface area contributed by atoms with Crippen molar-refractivity contribution in [3.8, 4) is 11.5 Å². The molecule has 5 nitrogen and oxygen atoms in total. The van der Waals surface area contributed by atoms with Crippen molar-refractivity contribution in [2.75, 3.05) is 19.8 Å². The Hall–Kier alpha value is -2.50. The van der Waals surface area contributed by atoms with Crippen LogP contribution in [-0.4, -0.2) is 24.7 Å². The van der Waals surface area contributed by atoms with E-state index in [-0.39, 0.29) is 11.7 Å². The standard InChI is InChI=1S/C23H22ClNO4/c1-14-9-21-17(12-18(14)24)16(11-23(26)29-21)13-25-6-2-3-19(25)15-4-5-20-22(10-15)28-8-7-27-20/h4-5,9-12,19H,2-3,6-8,13H2,1H3/t19-/m1/s1. The molecular formula is C23H22ClNO4. The zero-order chi connectivity index (χ0) is 20.0. The van der Waals surface area contributed by atoms with E-state index in [1.54, 1.807) is 6.07 Å².